The lowest BCUT2D eigenvalue weighted by Crippen LogP contribution is -2.51. The molecule has 2 amide bonds. The van der Waals surface area contributed by atoms with E-state index in [4.69, 9.17) is 10.5 Å². The van der Waals surface area contributed by atoms with Gasteiger partial charge in [0.1, 0.15) is 5.75 Å². The van der Waals surface area contributed by atoms with Gasteiger partial charge in [-0.05, 0) is 37.5 Å². The van der Waals surface area contributed by atoms with Crippen molar-refractivity contribution in [3.63, 3.8) is 0 Å². The van der Waals surface area contributed by atoms with Crippen molar-refractivity contribution in [3.8, 4) is 5.75 Å². The van der Waals surface area contributed by atoms with Crippen molar-refractivity contribution in [3.05, 3.63) is 29.8 Å². The van der Waals surface area contributed by atoms with Crippen LogP contribution in [0, 0.1) is 0 Å². The summed E-state index contributed by atoms with van der Waals surface area (Å²) in [6, 6.07) is 7.34. The summed E-state index contributed by atoms with van der Waals surface area (Å²) in [6.45, 7) is 2.82. The standard InChI is InChI=1S/C17H25N3O3/c1-2-19-15(21)12-23-14-7-5-6-13(10-14)11-20-16(22)17(18)8-3-4-9-17/h5-7,10H,2-4,8-9,11-12,18H2,1H3,(H,19,21)(H,20,22). The third kappa shape index (κ3) is 4.96. The molecule has 0 aromatic heterocycles. The van der Waals surface area contributed by atoms with Gasteiger partial charge in [-0.1, -0.05) is 25.0 Å². The number of hydrogen-bond donors (Lipinski definition) is 3. The topological polar surface area (TPSA) is 93.5 Å². The van der Waals surface area contributed by atoms with Crippen LogP contribution in [-0.4, -0.2) is 30.5 Å². The van der Waals surface area contributed by atoms with Crippen LogP contribution >= 0.6 is 0 Å². The van der Waals surface area contributed by atoms with Crippen LogP contribution in [0.4, 0.5) is 0 Å². The first-order valence-electron chi connectivity index (χ1n) is 8.09. The molecule has 0 bridgehead atoms. The summed E-state index contributed by atoms with van der Waals surface area (Å²) in [5.41, 5.74) is 6.32. The Labute approximate surface area is 136 Å². The van der Waals surface area contributed by atoms with E-state index in [0.29, 0.717) is 18.8 Å². The molecule has 1 saturated carbocycles. The highest BCUT2D eigenvalue weighted by molar-refractivity contribution is 5.86. The molecule has 1 aromatic carbocycles. The molecule has 6 heteroatoms. The Morgan fingerprint density at radius 2 is 2.00 bits per heavy atom. The Hall–Kier alpha value is -2.08. The highest BCUT2D eigenvalue weighted by Gasteiger charge is 2.36. The van der Waals surface area contributed by atoms with E-state index >= 15 is 0 Å². The van der Waals surface area contributed by atoms with Crippen molar-refractivity contribution >= 4 is 11.8 Å². The van der Waals surface area contributed by atoms with Gasteiger partial charge in [-0.25, -0.2) is 0 Å². The van der Waals surface area contributed by atoms with E-state index in [1.807, 2.05) is 25.1 Å². The van der Waals surface area contributed by atoms with E-state index in [1.165, 1.54) is 0 Å². The molecule has 23 heavy (non-hydrogen) atoms. The minimum atomic E-state index is -0.716. The number of ether oxygens (including phenoxy) is 1. The summed E-state index contributed by atoms with van der Waals surface area (Å²) >= 11 is 0. The van der Waals surface area contributed by atoms with Crippen molar-refractivity contribution in [1.29, 1.82) is 0 Å². The molecule has 1 aliphatic rings. The Morgan fingerprint density at radius 1 is 1.26 bits per heavy atom. The number of nitrogens with two attached hydrogens (primary N) is 1. The van der Waals surface area contributed by atoms with Crippen LogP contribution in [-0.2, 0) is 16.1 Å². The summed E-state index contributed by atoms with van der Waals surface area (Å²) in [7, 11) is 0. The zero-order valence-corrected chi connectivity index (χ0v) is 13.6. The fraction of sp³-hybridized carbons (Fsp3) is 0.529. The average molecular weight is 319 g/mol. The molecule has 0 atom stereocenters. The van der Waals surface area contributed by atoms with Crippen LogP contribution < -0.4 is 21.1 Å². The Balaban J connectivity index is 1.85. The summed E-state index contributed by atoms with van der Waals surface area (Å²) in [5, 5.41) is 5.57. The summed E-state index contributed by atoms with van der Waals surface area (Å²) in [5.74, 6) is 0.354. The zero-order valence-electron chi connectivity index (χ0n) is 13.6. The van der Waals surface area contributed by atoms with Gasteiger partial charge in [0.15, 0.2) is 6.61 Å². The maximum Gasteiger partial charge on any atom is 0.257 e. The first-order chi connectivity index (χ1) is 11.0. The van der Waals surface area contributed by atoms with Gasteiger partial charge in [-0.15, -0.1) is 0 Å². The van der Waals surface area contributed by atoms with E-state index in [9.17, 15) is 9.59 Å². The first-order valence-corrected chi connectivity index (χ1v) is 8.09. The summed E-state index contributed by atoms with van der Waals surface area (Å²) in [4.78, 5) is 23.6. The predicted octanol–water partition coefficient (Wildman–Crippen LogP) is 1.09. The second-order valence-electron chi connectivity index (χ2n) is 5.94. The molecule has 126 valence electrons. The zero-order chi connectivity index (χ0) is 16.7. The fourth-order valence-electron chi connectivity index (χ4n) is 2.73. The van der Waals surface area contributed by atoms with Gasteiger partial charge in [0.05, 0.1) is 5.54 Å². The highest BCUT2D eigenvalue weighted by atomic mass is 16.5. The minimum absolute atomic E-state index is 0.0183. The smallest absolute Gasteiger partial charge is 0.257 e. The second-order valence-corrected chi connectivity index (χ2v) is 5.94. The molecule has 0 saturated heterocycles. The average Bonchev–Trinajstić information content (AvgIpc) is 2.99. The summed E-state index contributed by atoms with van der Waals surface area (Å²) < 4.78 is 5.44. The molecular formula is C17H25N3O3. The van der Waals surface area contributed by atoms with Gasteiger partial charge in [-0.2, -0.15) is 0 Å². The van der Waals surface area contributed by atoms with Gasteiger partial charge >= 0.3 is 0 Å². The monoisotopic (exact) mass is 319 g/mol. The fourth-order valence-corrected chi connectivity index (χ4v) is 2.73. The molecule has 0 aliphatic heterocycles. The lowest BCUT2D eigenvalue weighted by molar-refractivity contribution is -0.126. The van der Waals surface area contributed by atoms with Gasteiger partial charge < -0.3 is 21.1 Å². The van der Waals surface area contributed by atoms with Gasteiger partial charge in [0.25, 0.3) is 5.91 Å². The SMILES string of the molecule is CCNC(=O)COc1cccc(CNC(=O)C2(N)CCCC2)c1. The van der Waals surface area contributed by atoms with Crippen molar-refractivity contribution in [1.82, 2.24) is 10.6 Å². The molecule has 0 radical (unpaired) electrons. The van der Waals surface area contributed by atoms with Crippen LogP contribution in [0.3, 0.4) is 0 Å². The number of rotatable bonds is 7. The first kappa shape index (κ1) is 17.3. The molecule has 0 unspecified atom stereocenters. The van der Waals surface area contributed by atoms with Crippen LogP contribution in [0.1, 0.15) is 38.2 Å². The molecule has 0 heterocycles. The molecule has 4 N–H and O–H groups in total. The van der Waals surface area contributed by atoms with Crippen molar-refractivity contribution in [2.75, 3.05) is 13.2 Å². The number of benzene rings is 1. The van der Waals surface area contributed by atoms with Crippen molar-refractivity contribution in [2.24, 2.45) is 5.73 Å². The van der Waals surface area contributed by atoms with Crippen LogP contribution in [0.5, 0.6) is 5.75 Å². The van der Waals surface area contributed by atoms with E-state index < -0.39 is 5.54 Å². The van der Waals surface area contributed by atoms with Crippen molar-refractivity contribution < 1.29 is 14.3 Å². The maximum atomic E-state index is 12.2. The quantitative estimate of drug-likeness (QED) is 0.701. The normalized spacial score (nSPS) is 15.9. The molecular weight excluding hydrogens is 294 g/mol. The third-order valence-electron chi connectivity index (χ3n) is 4.04. The number of amides is 2. The number of carbonyl (C=O) groups is 2. The van der Waals surface area contributed by atoms with E-state index in [1.54, 1.807) is 6.07 Å². The lowest BCUT2D eigenvalue weighted by Gasteiger charge is -2.22. The molecule has 2 rings (SSSR count). The largest absolute Gasteiger partial charge is 0.484 e. The third-order valence-corrected chi connectivity index (χ3v) is 4.04. The molecule has 1 aliphatic carbocycles. The molecule has 1 fully saturated rings. The molecule has 1 aromatic rings. The molecule has 0 spiro atoms. The van der Waals surface area contributed by atoms with Gasteiger partial charge in [-0.3, -0.25) is 9.59 Å². The highest BCUT2D eigenvalue weighted by Crippen LogP contribution is 2.27. The number of carbonyl (C=O) groups excluding carboxylic acids is 2. The van der Waals surface area contributed by atoms with Gasteiger partial charge in [0, 0.05) is 13.1 Å². The van der Waals surface area contributed by atoms with Crippen LogP contribution in [0.25, 0.3) is 0 Å². The Morgan fingerprint density at radius 3 is 2.70 bits per heavy atom. The number of likely N-dealkylation sites (N-methyl/N-ethyl adjacent to an activating group) is 1. The molecule has 6 nitrogen and oxygen atoms in total. The summed E-state index contributed by atoms with van der Waals surface area (Å²) in [6.07, 6.45) is 3.50. The number of nitrogens with one attached hydrogen (secondary N) is 2. The van der Waals surface area contributed by atoms with Gasteiger partial charge in [0.2, 0.25) is 5.91 Å². The number of hydrogen-bond acceptors (Lipinski definition) is 4. The van der Waals surface area contributed by atoms with Crippen LogP contribution in [0.15, 0.2) is 24.3 Å². The van der Waals surface area contributed by atoms with E-state index in [-0.39, 0.29) is 18.4 Å². The van der Waals surface area contributed by atoms with E-state index in [2.05, 4.69) is 10.6 Å². The minimum Gasteiger partial charge on any atom is -0.484 e. The van der Waals surface area contributed by atoms with E-state index in [0.717, 1.165) is 31.2 Å². The lowest BCUT2D eigenvalue weighted by atomic mass is 9.98. The predicted molar refractivity (Wildman–Crippen MR) is 87.9 cm³/mol. The second kappa shape index (κ2) is 7.97. The maximum absolute atomic E-state index is 12.2. The van der Waals surface area contributed by atoms with Crippen molar-refractivity contribution in [2.45, 2.75) is 44.7 Å². The Kier molecular flexibility index (Phi) is 5.98. The van der Waals surface area contributed by atoms with Crippen LogP contribution in [0.2, 0.25) is 0 Å². The Bertz CT molecular complexity index is 554.